The minimum Gasteiger partial charge on any atom is -0.468 e. The van der Waals surface area contributed by atoms with Crippen LogP contribution in [0.3, 0.4) is 0 Å². The molecule has 0 bridgehead atoms. The normalized spacial score (nSPS) is 25.4. The fraction of sp³-hybridized carbons (Fsp3) is 0.588. The van der Waals surface area contributed by atoms with Gasteiger partial charge in [-0.05, 0) is 43.5 Å². The molecule has 2 saturated heterocycles. The lowest BCUT2D eigenvalue weighted by Gasteiger charge is -2.28. The fourth-order valence-electron chi connectivity index (χ4n) is 3.80. The molecule has 0 N–H and O–H groups in total. The molecule has 2 fully saturated rings. The lowest BCUT2D eigenvalue weighted by atomic mass is 9.98. The molecule has 25 heavy (non-hydrogen) atoms. The SMILES string of the molecule is COC(=O)CN1CCCC[C@H]2CN(S(=O)(=O)c3cccc(F)c3)C[C@H]21. The average Bonchev–Trinajstić information content (AvgIpc) is 2.94. The molecule has 0 radical (unpaired) electrons. The molecular weight excluding hydrogens is 347 g/mol. The first-order valence-corrected chi connectivity index (χ1v) is 9.92. The van der Waals surface area contributed by atoms with E-state index in [1.807, 2.05) is 4.90 Å². The van der Waals surface area contributed by atoms with Crippen LogP contribution in [0.4, 0.5) is 4.39 Å². The van der Waals surface area contributed by atoms with E-state index in [9.17, 15) is 17.6 Å². The second-order valence-electron chi connectivity index (χ2n) is 6.65. The van der Waals surface area contributed by atoms with Gasteiger partial charge in [-0.15, -0.1) is 0 Å². The Morgan fingerprint density at radius 3 is 2.84 bits per heavy atom. The Kier molecular flexibility index (Phi) is 5.41. The summed E-state index contributed by atoms with van der Waals surface area (Å²) in [5.74, 6) is -0.704. The zero-order valence-corrected chi connectivity index (χ0v) is 15.0. The van der Waals surface area contributed by atoms with Crippen LogP contribution in [0.5, 0.6) is 0 Å². The summed E-state index contributed by atoms with van der Waals surface area (Å²) < 4.78 is 45.3. The Balaban J connectivity index is 1.81. The number of nitrogens with zero attached hydrogens (tertiary/aromatic N) is 2. The van der Waals surface area contributed by atoms with Crippen molar-refractivity contribution in [1.82, 2.24) is 9.21 Å². The standard InChI is InChI=1S/C17H23FN2O4S/c1-24-17(21)12-19-8-3-2-5-13-10-20(11-16(13)19)25(22,23)15-7-4-6-14(18)9-15/h4,6-7,9,13,16H,2-3,5,8,10-12H2,1H3/t13-,16+/m0/s1. The van der Waals surface area contributed by atoms with Gasteiger partial charge in [-0.1, -0.05) is 12.5 Å². The van der Waals surface area contributed by atoms with E-state index in [1.54, 1.807) is 0 Å². The first kappa shape index (κ1) is 18.3. The molecule has 0 saturated carbocycles. The van der Waals surface area contributed by atoms with Crippen molar-refractivity contribution in [3.8, 4) is 0 Å². The molecule has 1 aromatic rings. The molecule has 2 heterocycles. The number of halogens is 1. The number of likely N-dealkylation sites (tertiary alicyclic amines) is 1. The molecule has 3 rings (SSSR count). The predicted octanol–water partition coefficient (Wildman–Crippen LogP) is 1.47. The van der Waals surface area contributed by atoms with Crippen molar-refractivity contribution >= 4 is 16.0 Å². The van der Waals surface area contributed by atoms with Gasteiger partial charge >= 0.3 is 5.97 Å². The van der Waals surface area contributed by atoms with Gasteiger partial charge in [0.05, 0.1) is 18.6 Å². The summed E-state index contributed by atoms with van der Waals surface area (Å²) in [7, 11) is -2.38. The monoisotopic (exact) mass is 370 g/mol. The summed E-state index contributed by atoms with van der Waals surface area (Å²) in [4.78, 5) is 13.7. The molecule has 0 amide bonds. The number of carbonyl (C=O) groups is 1. The fourth-order valence-corrected chi connectivity index (χ4v) is 5.35. The third-order valence-electron chi connectivity index (χ3n) is 5.11. The van der Waals surface area contributed by atoms with Crippen LogP contribution >= 0.6 is 0 Å². The zero-order chi connectivity index (χ0) is 18.0. The van der Waals surface area contributed by atoms with Crippen molar-refractivity contribution in [3.63, 3.8) is 0 Å². The van der Waals surface area contributed by atoms with E-state index in [0.29, 0.717) is 13.1 Å². The third kappa shape index (κ3) is 3.86. The zero-order valence-electron chi connectivity index (χ0n) is 14.2. The van der Waals surface area contributed by atoms with Gasteiger partial charge in [0.15, 0.2) is 0 Å². The summed E-state index contributed by atoms with van der Waals surface area (Å²) in [5.41, 5.74) is 0. The summed E-state index contributed by atoms with van der Waals surface area (Å²) >= 11 is 0. The van der Waals surface area contributed by atoms with Crippen LogP contribution in [0, 0.1) is 11.7 Å². The van der Waals surface area contributed by atoms with Gasteiger partial charge in [0.2, 0.25) is 10.0 Å². The summed E-state index contributed by atoms with van der Waals surface area (Å²) in [6, 6.07) is 5.09. The van der Waals surface area contributed by atoms with Crippen LogP contribution in [0.2, 0.25) is 0 Å². The topological polar surface area (TPSA) is 66.9 Å². The van der Waals surface area contributed by atoms with Crippen LogP contribution in [0.15, 0.2) is 29.2 Å². The number of benzene rings is 1. The number of carbonyl (C=O) groups excluding carboxylic acids is 1. The highest BCUT2D eigenvalue weighted by atomic mass is 32.2. The molecule has 0 unspecified atom stereocenters. The highest BCUT2D eigenvalue weighted by Crippen LogP contribution is 2.33. The smallest absolute Gasteiger partial charge is 0.319 e. The lowest BCUT2D eigenvalue weighted by Crippen LogP contribution is -2.43. The number of rotatable bonds is 4. The Morgan fingerprint density at radius 1 is 1.32 bits per heavy atom. The van der Waals surface area contributed by atoms with Crippen molar-refractivity contribution in [2.75, 3.05) is 33.3 Å². The first-order chi connectivity index (χ1) is 11.9. The number of esters is 1. The van der Waals surface area contributed by atoms with Crippen LogP contribution < -0.4 is 0 Å². The van der Waals surface area contributed by atoms with E-state index in [-0.39, 0.29) is 29.4 Å². The van der Waals surface area contributed by atoms with Crippen LogP contribution in [-0.4, -0.2) is 62.9 Å². The Bertz CT molecular complexity index is 740. The minimum absolute atomic E-state index is 0.00932. The lowest BCUT2D eigenvalue weighted by molar-refractivity contribution is -0.142. The van der Waals surface area contributed by atoms with E-state index in [2.05, 4.69) is 0 Å². The number of hydrogen-bond donors (Lipinski definition) is 0. The largest absolute Gasteiger partial charge is 0.468 e. The molecule has 0 aromatic heterocycles. The number of ether oxygens (including phenoxy) is 1. The van der Waals surface area contributed by atoms with Gasteiger partial charge in [-0.2, -0.15) is 4.31 Å². The maximum absolute atomic E-state index is 13.4. The molecule has 0 aliphatic carbocycles. The molecule has 2 aliphatic rings. The predicted molar refractivity (Wildman–Crippen MR) is 89.9 cm³/mol. The van der Waals surface area contributed by atoms with E-state index in [0.717, 1.165) is 31.9 Å². The highest BCUT2D eigenvalue weighted by molar-refractivity contribution is 7.89. The van der Waals surface area contributed by atoms with Crippen LogP contribution in [0.25, 0.3) is 0 Å². The quantitative estimate of drug-likeness (QED) is 0.751. The van der Waals surface area contributed by atoms with Gasteiger partial charge in [-0.25, -0.2) is 12.8 Å². The average molecular weight is 370 g/mol. The summed E-state index contributed by atoms with van der Waals surface area (Å²) in [5, 5.41) is 0. The second-order valence-corrected chi connectivity index (χ2v) is 8.59. The van der Waals surface area contributed by atoms with Crippen molar-refractivity contribution < 1.29 is 22.3 Å². The van der Waals surface area contributed by atoms with Gasteiger partial charge in [0.25, 0.3) is 0 Å². The Labute approximate surface area is 147 Å². The second kappa shape index (κ2) is 7.39. The maximum atomic E-state index is 13.4. The Hall–Kier alpha value is -1.51. The van der Waals surface area contributed by atoms with Gasteiger partial charge in [0.1, 0.15) is 5.82 Å². The van der Waals surface area contributed by atoms with Gasteiger partial charge in [0, 0.05) is 19.1 Å². The van der Waals surface area contributed by atoms with Gasteiger partial charge < -0.3 is 4.74 Å². The Morgan fingerprint density at radius 2 is 2.12 bits per heavy atom. The summed E-state index contributed by atoms with van der Waals surface area (Å²) in [6.07, 6.45) is 2.92. The minimum atomic E-state index is -3.74. The highest BCUT2D eigenvalue weighted by Gasteiger charge is 2.43. The molecule has 2 aliphatic heterocycles. The summed E-state index contributed by atoms with van der Waals surface area (Å²) in [6.45, 7) is 1.65. The number of fused-ring (bicyclic) bond motifs is 1. The van der Waals surface area contributed by atoms with Crippen molar-refractivity contribution in [2.24, 2.45) is 5.92 Å². The molecule has 0 spiro atoms. The molecule has 6 nitrogen and oxygen atoms in total. The number of sulfonamides is 1. The van der Waals surface area contributed by atoms with E-state index >= 15 is 0 Å². The number of hydrogen-bond acceptors (Lipinski definition) is 5. The van der Waals surface area contributed by atoms with E-state index in [1.165, 1.54) is 29.6 Å². The molecular formula is C17H23FN2O4S. The van der Waals surface area contributed by atoms with Gasteiger partial charge in [-0.3, -0.25) is 9.69 Å². The van der Waals surface area contributed by atoms with Crippen molar-refractivity contribution in [2.45, 2.75) is 30.2 Å². The van der Waals surface area contributed by atoms with Crippen molar-refractivity contribution in [3.05, 3.63) is 30.1 Å². The molecule has 8 heteroatoms. The van der Waals surface area contributed by atoms with Crippen LogP contribution in [0.1, 0.15) is 19.3 Å². The maximum Gasteiger partial charge on any atom is 0.319 e. The molecule has 138 valence electrons. The number of methoxy groups -OCH3 is 1. The first-order valence-electron chi connectivity index (χ1n) is 8.48. The van der Waals surface area contributed by atoms with E-state index in [4.69, 9.17) is 4.74 Å². The van der Waals surface area contributed by atoms with Crippen LogP contribution in [-0.2, 0) is 19.6 Å². The third-order valence-corrected chi connectivity index (χ3v) is 6.93. The van der Waals surface area contributed by atoms with E-state index < -0.39 is 15.8 Å². The molecule has 2 atom stereocenters. The molecule has 1 aromatic carbocycles. The van der Waals surface area contributed by atoms with Crippen molar-refractivity contribution in [1.29, 1.82) is 0 Å².